The Morgan fingerprint density at radius 2 is 2.06 bits per heavy atom. The molecule has 0 aromatic rings. The molecule has 0 spiro atoms. The zero-order valence-electron chi connectivity index (χ0n) is 11.1. The van der Waals surface area contributed by atoms with Crippen molar-refractivity contribution in [1.29, 1.82) is 5.26 Å². The van der Waals surface area contributed by atoms with Gasteiger partial charge in [-0.2, -0.15) is 5.26 Å². The van der Waals surface area contributed by atoms with Crippen molar-refractivity contribution in [2.75, 3.05) is 13.1 Å². The number of amides is 1. The largest absolute Gasteiger partial charge is 0.393 e. The van der Waals surface area contributed by atoms with Crippen LogP contribution in [-0.4, -0.2) is 35.1 Å². The molecule has 0 radical (unpaired) electrons. The van der Waals surface area contributed by atoms with E-state index in [1.807, 2.05) is 11.8 Å². The summed E-state index contributed by atoms with van der Waals surface area (Å²) in [5.74, 6) is 0.262. The molecule has 2 rings (SSSR count). The van der Waals surface area contributed by atoms with E-state index in [2.05, 4.69) is 6.07 Å². The molecule has 1 atom stereocenters. The van der Waals surface area contributed by atoms with Gasteiger partial charge in [0.2, 0.25) is 5.91 Å². The molecule has 0 aromatic carbocycles. The van der Waals surface area contributed by atoms with Crippen LogP contribution in [-0.2, 0) is 4.79 Å². The second-order valence-corrected chi connectivity index (χ2v) is 6.04. The number of carbonyl (C=O) groups is 1. The van der Waals surface area contributed by atoms with Gasteiger partial charge in [-0.15, -0.1) is 0 Å². The van der Waals surface area contributed by atoms with E-state index in [0.717, 1.165) is 45.1 Å². The van der Waals surface area contributed by atoms with Crippen LogP contribution >= 0.6 is 0 Å². The average Bonchev–Trinajstić information content (AvgIpc) is 2.39. The van der Waals surface area contributed by atoms with Gasteiger partial charge in [0.15, 0.2) is 0 Å². The Labute approximate surface area is 109 Å². The lowest BCUT2D eigenvalue weighted by molar-refractivity contribution is -0.139. The lowest BCUT2D eigenvalue weighted by Gasteiger charge is -2.38. The molecule has 4 heteroatoms. The number of nitrogens with zero attached hydrogens (tertiary/aromatic N) is 2. The molecule has 1 heterocycles. The third-order valence-corrected chi connectivity index (χ3v) is 4.32. The van der Waals surface area contributed by atoms with Crippen molar-refractivity contribution in [1.82, 2.24) is 4.90 Å². The summed E-state index contributed by atoms with van der Waals surface area (Å²) in [6.45, 7) is 3.30. The van der Waals surface area contributed by atoms with Crippen molar-refractivity contribution in [3.63, 3.8) is 0 Å². The number of likely N-dealkylation sites (tertiary alicyclic amines) is 1. The molecule has 1 saturated heterocycles. The molecule has 1 amide bonds. The normalized spacial score (nSPS) is 37.1. The summed E-state index contributed by atoms with van der Waals surface area (Å²) in [4.78, 5) is 14.3. The fourth-order valence-corrected chi connectivity index (χ4v) is 3.10. The van der Waals surface area contributed by atoms with Crippen LogP contribution in [0.1, 0.15) is 45.4 Å². The summed E-state index contributed by atoms with van der Waals surface area (Å²) in [6, 6.07) is 2.34. The van der Waals surface area contributed by atoms with Crippen molar-refractivity contribution in [3.05, 3.63) is 0 Å². The summed E-state index contributed by atoms with van der Waals surface area (Å²) >= 11 is 0. The molecule has 100 valence electrons. The van der Waals surface area contributed by atoms with E-state index >= 15 is 0 Å². The van der Waals surface area contributed by atoms with Crippen LogP contribution in [0.4, 0.5) is 0 Å². The SMILES string of the molecule is CC1(C#N)CCCN(C(=O)C2CCC(O)CC2)C1. The molecule has 0 aromatic heterocycles. The minimum absolute atomic E-state index is 0.0643. The van der Waals surface area contributed by atoms with Gasteiger partial charge in [0, 0.05) is 19.0 Å². The van der Waals surface area contributed by atoms with Crippen molar-refractivity contribution >= 4 is 5.91 Å². The topological polar surface area (TPSA) is 64.3 Å². The Bertz CT molecular complexity index is 355. The molecule has 1 unspecified atom stereocenters. The first-order chi connectivity index (χ1) is 8.54. The van der Waals surface area contributed by atoms with E-state index < -0.39 is 0 Å². The molecule has 1 aliphatic carbocycles. The predicted molar refractivity (Wildman–Crippen MR) is 67.5 cm³/mol. The third kappa shape index (κ3) is 2.84. The number of aliphatic hydroxyl groups excluding tert-OH is 1. The second-order valence-electron chi connectivity index (χ2n) is 6.04. The fourth-order valence-electron chi connectivity index (χ4n) is 3.10. The Morgan fingerprint density at radius 3 is 2.67 bits per heavy atom. The van der Waals surface area contributed by atoms with Crippen molar-refractivity contribution in [3.8, 4) is 6.07 Å². The maximum Gasteiger partial charge on any atom is 0.225 e. The van der Waals surface area contributed by atoms with Crippen LogP contribution in [0.2, 0.25) is 0 Å². The van der Waals surface area contributed by atoms with E-state index in [-0.39, 0.29) is 23.3 Å². The monoisotopic (exact) mass is 250 g/mol. The Morgan fingerprint density at radius 1 is 1.39 bits per heavy atom. The van der Waals surface area contributed by atoms with E-state index in [1.54, 1.807) is 0 Å². The van der Waals surface area contributed by atoms with Gasteiger partial charge in [0.1, 0.15) is 0 Å². The van der Waals surface area contributed by atoms with Crippen molar-refractivity contribution < 1.29 is 9.90 Å². The summed E-state index contributed by atoms with van der Waals surface area (Å²) in [6.07, 6.45) is 4.64. The highest BCUT2D eigenvalue weighted by Gasteiger charge is 2.36. The minimum Gasteiger partial charge on any atom is -0.393 e. The molecule has 1 N–H and O–H groups in total. The van der Waals surface area contributed by atoms with Gasteiger partial charge >= 0.3 is 0 Å². The number of rotatable bonds is 1. The van der Waals surface area contributed by atoms with Crippen LogP contribution in [0, 0.1) is 22.7 Å². The van der Waals surface area contributed by atoms with Gasteiger partial charge in [0.05, 0.1) is 17.6 Å². The van der Waals surface area contributed by atoms with Gasteiger partial charge in [-0.25, -0.2) is 0 Å². The highest BCUT2D eigenvalue weighted by Crippen LogP contribution is 2.32. The zero-order valence-corrected chi connectivity index (χ0v) is 11.1. The zero-order chi connectivity index (χ0) is 13.2. The highest BCUT2D eigenvalue weighted by atomic mass is 16.3. The van der Waals surface area contributed by atoms with Crippen LogP contribution in [0.3, 0.4) is 0 Å². The lowest BCUT2D eigenvalue weighted by atomic mass is 9.81. The van der Waals surface area contributed by atoms with Gasteiger partial charge in [-0.05, 0) is 45.4 Å². The summed E-state index contributed by atoms with van der Waals surface area (Å²) < 4.78 is 0. The van der Waals surface area contributed by atoms with E-state index in [4.69, 9.17) is 0 Å². The van der Waals surface area contributed by atoms with E-state index in [1.165, 1.54) is 0 Å². The summed E-state index contributed by atoms with van der Waals surface area (Å²) in [7, 11) is 0. The summed E-state index contributed by atoms with van der Waals surface area (Å²) in [5.41, 5.74) is -0.373. The van der Waals surface area contributed by atoms with Crippen LogP contribution < -0.4 is 0 Å². The van der Waals surface area contributed by atoms with Crippen molar-refractivity contribution in [2.45, 2.75) is 51.6 Å². The first kappa shape index (κ1) is 13.4. The number of hydrogen-bond acceptors (Lipinski definition) is 3. The molecular formula is C14H22N2O2. The summed E-state index contributed by atoms with van der Waals surface area (Å²) in [5, 5.41) is 18.6. The lowest BCUT2D eigenvalue weighted by Crippen LogP contribution is -2.47. The molecule has 4 nitrogen and oxygen atoms in total. The second kappa shape index (κ2) is 5.27. The van der Waals surface area contributed by atoms with E-state index in [0.29, 0.717) is 6.54 Å². The number of nitriles is 1. The quantitative estimate of drug-likeness (QED) is 0.770. The smallest absolute Gasteiger partial charge is 0.225 e. The Hall–Kier alpha value is -1.08. The maximum absolute atomic E-state index is 12.4. The standard InChI is InChI=1S/C14H22N2O2/c1-14(9-15)7-2-8-16(10-14)13(18)11-3-5-12(17)6-4-11/h11-12,17H,2-8,10H2,1H3. The third-order valence-electron chi connectivity index (χ3n) is 4.32. The Balaban J connectivity index is 1.95. The number of carbonyl (C=O) groups excluding carboxylic acids is 1. The molecule has 1 saturated carbocycles. The van der Waals surface area contributed by atoms with Gasteiger partial charge < -0.3 is 10.0 Å². The van der Waals surface area contributed by atoms with Gasteiger partial charge in [-0.1, -0.05) is 0 Å². The number of hydrogen-bond donors (Lipinski definition) is 1. The van der Waals surface area contributed by atoms with Crippen LogP contribution in [0.25, 0.3) is 0 Å². The molecule has 2 aliphatic rings. The molecule has 18 heavy (non-hydrogen) atoms. The first-order valence-corrected chi connectivity index (χ1v) is 6.92. The van der Waals surface area contributed by atoms with Gasteiger partial charge in [0.25, 0.3) is 0 Å². The fraction of sp³-hybridized carbons (Fsp3) is 0.857. The van der Waals surface area contributed by atoms with E-state index in [9.17, 15) is 15.2 Å². The molecule has 2 fully saturated rings. The average molecular weight is 250 g/mol. The first-order valence-electron chi connectivity index (χ1n) is 6.92. The predicted octanol–water partition coefficient (Wildman–Crippen LogP) is 1.69. The maximum atomic E-state index is 12.4. The van der Waals surface area contributed by atoms with Crippen LogP contribution in [0.15, 0.2) is 0 Å². The van der Waals surface area contributed by atoms with Gasteiger partial charge in [-0.3, -0.25) is 4.79 Å². The Kier molecular flexibility index (Phi) is 3.91. The number of piperidine rings is 1. The highest BCUT2D eigenvalue weighted by molar-refractivity contribution is 5.79. The molecular weight excluding hydrogens is 228 g/mol. The van der Waals surface area contributed by atoms with Crippen LogP contribution in [0.5, 0.6) is 0 Å². The minimum atomic E-state index is -0.373. The number of aliphatic hydroxyl groups is 1. The molecule has 1 aliphatic heterocycles. The molecule has 0 bridgehead atoms. The van der Waals surface area contributed by atoms with Crippen molar-refractivity contribution in [2.24, 2.45) is 11.3 Å².